The van der Waals surface area contributed by atoms with Gasteiger partial charge in [0, 0.05) is 11.1 Å². The molecule has 0 fully saturated rings. The molecule has 1 aliphatic carbocycles. The highest BCUT2D eigenvalue weighted by atomic mass is 35.5. The third kappa shape index (κ3) is 1.70. The first-order valence-electron chi connectivity index (χ1n) is 5.72. The summed E-state index contributed by atoms with van der Waals surface area (Å²) in [6.07, 6.45) is 0. The van der Waals surface area contributed by atoms with Crippen LogP contribution in [0.4, 0.5) is 4.39 Å². The van der Waals surface area contributed by atoms with Crippen LogP contribution in [0.5, 0.6) is 0 Å². The van der Waals surface area contributed by atoms with Gasteiger partial charge < -0.3 is 0 Å². The Hall–Kier alpha value is -2.00. The second-order valence-electron chi connectivity index (χ2n) is 4.35. The van der Waals surface area contributed by atoms with Gasteiger partial charge in [-0.2, -0.15) is 0 Å². The third-order valence-electron chi connectivity index (χ3n) is 3.27. The predicted molar refractivity (Wildman–Crippen MR) is 69.3 cm³/mol. The van der Waals surface area contributed by atoms with Crippen molar-refractivity contribution in [3.05, 3.63) is 70.0 Å². The van der Waals surface area contributed by atoms with Gasteiger partial charge in [0.2, 0.25) is 0 Å². The van der Waals surface area contributed by atoms with Crippen molar-refractivity contribution in [1.29, 1.82) is 0 Å². The van der Waals surface area contributed by atoms with E-state index in [4.69, 9.17) is 11.6 Å². The molecule has 94 valence electrons. The van der Waals surface area contributed by atoms with E-state index in [9.17, 15) is 14.0 Å². The fourth-order valence-electron chi connectivity index (χ4n) is 2.37. The van der Waals surface area contributed by atoms with Crippen LogP contribution < -0.4 is 0 Å². The highest BCUT2D eigenvalue weighted by Gasteiger charge is 2.40. The van der Waals surface area contributed by atoms with E-state index in [1.807, 2.05) is 0 Å². The van der Waals surface area contributed by atoms with Crippen molar-refractivity contribution in [3.8, 4) is 0 Å². The Balaban J connectivity index is 2.17. The molecule has 0 unspecified atom stereocenters. The SMILES string of the molecule is O=C1c2ccccc2C(=O)C1c1cccc(F)c1Cl. The van der Waals surface area contributed by atoms with Crippen LogP contribution in [0.3, 0.4) is 0 Å². The zero-order valence-electron chi connectivity index (χ0n) is 9.69. The molecule has 0 aliphatic heterocycles. The van der Waals surface area contributed by atoms with Crippen molar-refractivity contribution in [2.45, 2.75) is 5.92 Å². The largest absolute Gasteiger partial charge is 0.293 e. The van der Waals surface area contributed by atoms with Crippen LogP contribution in [0.25, 0.3) is 0 Å². The fourth-order valence-corrected chi connectivity index (χ4v) is 2.60. The maximum Gasteiger partial charge on any atom is 0.178 e. The molecule has 0 amide bonds. The van der Waals surface area contributed by atoms with Crippen molar-refractivity contribution < 1.29 is 14.0 Å². The minimum Gasteiger partial charge on any atom is -0.293 e. The second-order valence-corrected chi connectivity index (χ2v) is 4.73. The maximum absolute atomic E-state index is 13.5. The first-order valence-corrected chi connectivity index (χ1v) is 6.10. The average Bonchev–Trinajstić information content (AvgIpc) is 2.67. The second kappa shape index (κ2) is 4.28. The number of hydrogen-bond donors (Lipinski definition) is 0. The lowest BCUT2D eigenvalue weighted by molar-refractivity contribution is 0.0890. The van der Waals surface area contributed by atoms with E-state index in [1.165, 1.54) is 18.2 Å². The molecule has 0 bridgehead atoms. The van der Waals surface area contributed by atoms with Gasteiger partial charge in [-0.15, -0.1) is 0 Å². The maximum atomic E-state index is 13.5. The van der Waals surface area contributed by atoms with E-state index in [0.29, 0.717) is 11.1 Å². The Bertz CT molecular complexity index is 674. The van der Waals surface area contributed by atoms with Gasteiger partial charge in [-0.25, -0.2) is 4.39 Å². The lowest BCUT2D eigenvalue weighted by Crippen LogP contribution is -2.13. The molecule has 0 spiro atoms. The van der Waals surface area contributed by atoms with Gasteiger partial charge in [0.05, 0.1) is 5.02 Å². The molecule has 0 N–H and O–H groups in total. The fraction of sp³-hybridized carbons (Fsp3) is 0.0667. The molecule has 0 heterocycles. The van der Waals surface area contributed by atoms with E-state index in [2.05, 4.69) is 0 Å². The Morgan fingerprint density at radius 2 is 1.47 bits per heavy atom. The quantitative estimate of drug-likeness (QED) is 0.744. The highest BCUT2D eigenvalue weighted by molar-refractivity contribution is 6.35. The minimum atomic E-state index is -1.03. The normalized spacial score (nSPS) is 14.8. The van der Waals surface area contributed by atoms with Gasteiger partial charge in [0.1, 0.15) is 11.7 Å². The van der Waals surface area contributed by atoms with Crippen LogP contribution in [-0.2, 0) is 0 Å². The van der Waals surface area contributed by atoms with Gasteiger partial charge in [-0.1, -0.05) is 48.0 Å². The Kier molecular flexibility index (Phi) is 2.72. The summed E-state index contributed by atoms with van der Waals surface area (Å²) in [6, 6.07) is 10.7. The van der Waals surface area contributed by atoms with Crippen LogP contribution in [0.15, 0.2) is 42.5 Å². The predicted octanol–water partition coefficient (Wildman–Crippen LogP) is 3.64. The summed E-state index contributed by atoms with van der Waals surface area (Å²) < 4.78 is 13.5. The van der Waals surface area contributed by atoms with E-state index < -0.39 is 11.7 Å². The monoisotopic (exact) mass is 274 g/mol. The van der Waals surface area contributed by atoms with Crippen LogP contribution in [0.2, 0.25) is 5.02 Å². The molecular formula is C15H8ClFO2. The summed E-state index contributed by atoms with van der Waals surface area (Å²) in [5.74, 6) is -2.31. The number of fused-ring (bicyclic) bond motifs is 1. The lowest BCUT2D eigenvalue weighted by atomic mass is 9.94. The number of ketones is 2. The first kappa shape index (κ1) is 12.1. The summed E-state index contributed by atoms with van der Waals surface area (Å²) in [7, 11) is 0. The number of rotatable bonds is 1. The van der Waals surface area contributed by atoms with E-state index in [-0.39, 0.29) is 22.2 Å². The standard InChI is InChI=1S/C15H8ClFO2/c16-13-10(6-3-7-11(13)17)12-14(18)8-4-1-2-5-9(8)15(12)19/h1-7,12H. The van der Waals surface area contributed by atoms with Crippen LogP contribution in [-0.4, -0.2) is 11.6 Å². The summed E-state index contributed by atoms with van der Waals surface area (Å²) >= 11 is 5.87. The van der Waals surface area contributed by atoms with Crippen molar-refractivity contribution in [1.82, 2.24) is 0 Å². The molecule has 2 aromatic carbocycles. The zero-order chi connectivity index (χ0) is 13.6. The third-order valence-corrected chi connectivity index (χ3v) is 3.67. The zero-order valence-corrected chi connectivity index (χ0v) is 10.4. The number of Topliss-reactive ketones (excluding diaryl/α,β-unsaturated/α-hetero) is 2. The molecule has 0 saturated heterocycles. The first-order chi connectivity index (χ1) is 9.11. The average molecular weight is 275 g/mol. The van der Waals surface area contributed by atoms with Gasteiger partial charge in [-0.05, 0) is 11.6 Å². The minimum absolute atomic E-state index is 0.165. The molecular weight excluding hydrogens is 267 g/mol. The van der Waals surface area contributed by atoms with Gasteiger partial charge in [0.25, 0.3) is 0 Å². The Morgan fingerprint density at radius 1 is 0.895 bits per heavy atom. The lowest BCUT2D eigenvalue weighted by Gasteiger charge is -2.09. The number of hydrogen-bond acceptors (Lipinski definition) is 2. The van der Waals surface area contributed by atoms with Crippen molar-refractivity contribution in [2.24, 2.45) is 0 Å². The summed E-state index contributed by atoms with van der Waals surface area (Å²) in [5, 5.41) is -0.165. The van der Waals surface area contributed by atoms with Crippen molar-refractivity contribution >= 4 is 23.2 Å². The molecule has 4 heteroatoms. The van der Waals surface area contributed by atoms with Gasteiger partial charge in [0.15, 0.2) is 11.6 Å². The molecule has 0 aromatic heterocycles. The smallest absolute Gasteiger partial charge is 0.178 e. The van der Waals surface area contributed by atoms with Crippen molar-refractivity contribution in [3.63, 3.8) is 0 Å². The van der Waals surface area contributed by atoms with Crippen LogP contribution in [0.1, 0.15) is 32.2 Å². The Morgan fingerprint density at radius 3 is 2.05 bits per heavy atom. The van der Waals surface area contributed by atoms with E-state index in [1.54, 1.807) is 24.3 Å². The van der Waals surface area contributed by atoms with Gasteiger partial charge >= 0.3 is 0 Å². The number of carbonyl (C=O) groups is 2. The molecule has 3 rings (SSSR count). The number of benzene rings is 2. The van der Waals surface area contributed by atoms with E-state index in [0.717, 1.165) is 0 Å². The highest BCUT2D eigenvalue weighted by Crippen LogP contribution is 2.37. The molecule has 1 aliphatic rings. The summed E-state index contributed by atoms with van der Waals surface area (Å²) in [6.45, 7) is 0. The molecule has 2 aromatic rings. The van der Waals surface area contributed by atoms with Crippen molar-refractivity contribution in [2.75, 3.05) is 0 Å². The summed E-state index contributed by atoms with van der Waals surface area (Å²) in [5.41, 5.74) is 0.975. The number of halogens is 2. The van der Waals surface area contributed by atoms with Gasteiger partial charge in [-0.3, -0.25) is 9.59 Å². The molecule has 0 radical (unpaired) electrons. The molecule has 19 heavy (non-hydrogen) atoms. The molecule has 2 nitrogen and oxygen atoms in total. The van der Waals surface area contributed by atoms with E-state index >= 15 is 0 Å². The summed E-state index contributed by atoms with van der Waals surface area (Å²) in [4.78, 5) is 24.5. The number of carbonyl (C=O) groups excluding carboxylic acids is 2. The topological polar surface area (TPSA) is 34.1 Å². The Labute approximate surface area is 113 Å². The van der Waals surface area contributed by atoms with Crippen LogP contribution in [0, 0.1) is 5.82 Å². The molecule has 0 atom stereocenters. The molecule has 0 saturated carbocycles. The van der Waals surface area contributed by atoms with Crippen LogP contribution >= 0.6 is 11.6 Å².